The van der Waals surface area contributed by atoms with Gasteiger partial charge in [0, 0.05) is 18.7 Å². The van der Waals surface area contributed by atoms with Gasteiger partial charge in [-0.3, -0.25) is 14.3 Å². The average Bonchev–Trinajstić information content (AvgIpc) is 2.98. The van der Waals surface area contributed by atoms with Crippen molar-refractivity contribution in [3.05, 3.63) is 45.8 Å². The summed E-state index contributed by atoms with van der Waals surface area (Å²) in [5.41, 5.74) is -2.35. The fourth-order valence-electron chi connectivity index (χ4n) is 5.61. The molecule has 2 saturated heterocycles. The van der Waals surface area contributed by atoms with Gasteiger partial charge in [-0.2, -0.15) is 0 Å². The summed E-state index contributed by atoms with van der Waals surface area (Å²) in [6.07, 6.45) is 0.499. The van der Waals surface area contributed by atoms with E-state index in [2.05, 4.69) is 67.0 Å². The zero-order chi connectivity index (χ0) is 26.3. The number of rotatable bonds is 7. The van der Waals surface area contributed by atoms with Crippen molar-refractivity contribution in [1.29, 1.82) is 0 Å². The first-order valence-corrected chi connectivity index (χ1v) is 16.5. The number of hydrogen-bond acceptors (Lipinski definition) is 7. The van der Waals surface area contributed by atoms with E-state index in [1.165, 1.54) is 16.8 Å². The van der Waals surface area contributed by atoms with E-state index in [1.54, 1.807) is 6.08 Å². The van der Waals surface area contributed by atoms with Crippen LogP contribution < -0.4 is 11.2 Å². The third-order valence-electron chi connectivity index (χ3n) is 7.46. The maximum atomic E-state index is 12.7. The Kier molecular flexibility index (Phi) is 8.22. The second-order valence-electron chi connectivity index (χ2n) is 11.0. The minimum absolute atomic E-state index is 0.0667. The first kappa shape index (κ1) is 28.2. The molecular weight excluding hydrogens is 484 g/mol. The van der Waals surface area contributed by atoms with Gasteiger partial charge >= 0.3 is 22.8 Å². The molecule has 2 aliphatic heterocycles. The quantitative estimate of drug-likeness (QED) is 0.411. The first-order chi connectivity index (χ1) is 16.2. The molecule has 2 N–H and O–H groups in total. The van der Waals surface area contributed by atoms with Crippen LogP contribution >= 0.6 is 0 Å². The molecule has 2 aliphatic rings. The Morgan fingerprint density at radius 1 is 1.11 bits per heavy atom. The third kappa shape index (κ3) is 4.72. The molecule has 2 unspecified atom stereocenters. The summed E-state index contributed by atoms with van der Waals surface area (Å²) in [6, 6.07) is 1.23. The minimum atomic E-state index is -3.02. The number of H-pyrrole nitrogens is 1. The molecule has 9 nitrogen and oxygen atoms in total. The molecule has 0 saturated carbocycles. The van der Waals surface area contributed by atoms with Gasteiger partial charge in [0.15, 0.2) is 6.23 Å². The van der Waals surface area contributed by atoms with Gasteiger partial charge in [0.2, 0.25) is 0 Å². The van der Waals surface area contributed by atoms with Crippen molar-refractivity contribution in [3.63, 3.8) is 0 Å². The molecule has 2 fully saturated rings. The summed E-state index contributed by atoms with van der Waals surface area (Å²) in [7, 11) is -5.81. The summed E-state index contributed by atoms with van der Waals surface area (Å²) >= 11 is 0. The topological polar surface area (TPSA) is 112 Å². The fourth-order valence-corrected chi connectivity index (χ4v) is 16.9. The molecule has 0 amide bonds. The maximum absolute atomic E-state index is 12.7. The lowest BCUT2D eigenvalue weighted by Gasteiger charge is -2.52. The predicted octanol–water partition coefficient (Wildman–Crippen LogP) is 3.70. The molecule has 0 radical (unpaired) electrons. The molecule has 0 spiro atoms. The van der Waals surface area contributed by atoms with Gasteiger partial charge in [0.05, 0.1) is 6.61 Å². The Morgan fingerprint density at radius 2 is 1.69 bits per heavy atom. The molecule has 1 aromatic rings. The lowest BCUT2D eigenvalue weighted by Crippen LogP contribution is -2.67. The van der Waals surface area contributed by atoms with E-state index >= 15 is 0 Å². The van der Waals surface area contributed by atoms with E-state index < -0.39 is 52.4 Å². The molecule has 35 heavy (non-hydrogen) atoms. The van der Waals surface area contributed by atoms with Crippen molar-refractivity contribution >= 4 is 17.1 Å². The van der Waals surface area contributed by atoms with Gasteiger partial charge in [-0.15, -0.1) is 6.58 Å². The standard InChI is InChI=1S/C24H42N2O7Si2/c1-10-12-24(29)21-19(31-22(24)26-13-11-20(27)25-23(26)28)14-30-34(15(2)3,16(4)5)33-35(32-21,17(6)7)18(8)9/h10-11,13,15-19,21-22,29H,1,12,14H2,2-9H3,(H,25,27,28)/t19?,21-,22?,24+/m1/s1. The number of nitrogens with one attached hydrogen (secondary N) is 1. The second-order valence-corrected chi connectivity index (χ2v) is 19.9. The van der Waals surface area contributed by atoms with Crippen molar-refractivity contribution in [2.45, 2.75) is 108 Å². The Labute approximate surface area is 210 Å². The Hall–Kier alpha value is -1.35. The first-order valence-electron chi connectivity index (χ1n) is 12.6. The predicted molar refractivity (Wildman–Crippen MR) is 139 cm³/mol. The lowest BCUT2D eigenvalue weighted by molar-refractivity contribution is -0.107. The van der Waals surface area contributed by atoms with Gasteiger partial charge in [-0.05, 0) is 22.2 Å². The van der Waals surface area contributed by atoms with E-state index in [0.29, 0.717) is 0 Å². The molecule has 1 aromatic heterocycles. The van der Waals surface area contributed by atoms with Crippen molar-refractivity contribution in [2.75, 3.05) is 6.61 Å². The third-order valence-corrected chi connectivity index (χ3v) is 17.7. The molecule has 0 aromatic carbocycles. The Balaban J connectivity index is 2.21. The highest BCUT2D eigenvalue weighted by molar-refractivity contribution is 6.84. The molecule has 198 valence electrons. The summed E-state index contributed by atoms with van der Waals surface area (Å²) in [5.74, 6) is 0. The summed E-state index contributed by atoms with van der Waals surface area (Å²) in [5, 5.41) is 12.1. The number of hydrogen-bond donors (Lipinski definition) is 2. The Bertz CT molecular complexity index is 1010. The van der Waals surface area contributed by atoms with Crippen molar-refractivity contribution in [1.82, 2.24) is 9.55 Å². The van der Waals surface area contributed by atoms with Gasteiger partial charge in [-0.1, -0.05) is 61.5 Å². The highest BCUT2D eigenvalue weighted by Gasteiger charge is 2.65. The van der Waals surface area contributed by atoms with Gasteiger partial charge < -0.3 is 22.8 Å². The van der Waals surface area contributed by atoms with Crippen LogP contribution in [0.5, 0.6) is 0 Å². The van der Waals surface area contributed by atoms with Crippen LogP contribution in [0.25, 0.3) is 0 Å². The molecule has 4 atom stereocenters. The summed E-state index contributed by atoms with van der Waals surface area (Å²) in [4.78, 5) is 26.6. The van der Waals surface area contributed by atoms with E-state index in [-0.39, 0.29) is 35.2 Å². The maximum Gasteiger partial charge on any atom is 0.335 e. The summed E-state index contributed by atoms with van der Waals surface area (Å²) in [6.45, 7) is 21.0. The van der Waals surface area contributed by atoms with E-state index in [4.69, 9.17) is 17.7 Å². The minimum Gasteiger partial charge on any atom is -0.414 e. The number of nitrogens with zero attached hydrogens (tertiary/aromatic N) is 1. The zero-order valence-electron chi connectivity index (χ0n) is 22.2. The van der Waals surface area contributed by atoms with Crippen LogP contribution in [-0.4, -0.2) is 56.2 Å². The summed E-state index contributed by atoms with van der Waals surface area (Å²) < 4.78 is 28.5. The molecule has 11 heteroatoms. The molecular formula is C24H42N2O7Si2. The van der Waals surface area contributed by atoms with Gasteiger partial charge in [0.25, 0.3) is 5.56 Å². The zero-order valence-corrected chi connectivity index (χ0v) is 24.2. The normalized spacial score (nSPS) is 30.5. The average molecular weight is 527 g/mol. The lowest BCUT2D eigenvalue weighted by atomic mass is 9.90. The fraction of sp³-hybridized carbons (Fsp3) is 0.750. The molecule has 0 aliphatic carbocycles. The number of aromatic amines is 1. The number of ether oxygens (including phenoxy) is 1. The smallest absolute Gasteiger partial charge is 0.335 e. The highest BCUT2D eigenvalue weighted by Crippen LogP contribution is 2.51. The van der Waals surface area contributed by atoms with Crippen LogP contribution in [0.15, 0.2) is 34.5 Å². The van der Waals surface area contributed by atoms with E-state index in [9.17, 15) is 14.7 Å². The molecule has 3 heterocycles. The number of fused-ring (bicyclic) bond motifs is 1. The van der Waals surface area contributed by atoms with Crippen LogP contribution in [0.3, 0.4) is 0 Å². The van der Waals surface area contributed by atoms with Crippen LogP contribution in [0.4, 0.5) is 0 Å². The monoisotopic (exact) mass is 526 g/mol. The molecule has 0 bridgehead atoms. The second kappa shape index (κ2) is 10.2. The number of aromatic nitrogens is 2. The van der Waals surface area contributed by atoms with Gasteiger partial charge in [-0.25, -0.2) is 4.79 Å². The molecule has 3 rings (SSSR count). The van der Waals surface area contributed by atoms with Crippen LogP contribution in [0.1, 0.15) is 68.0 Å². The van der Waals surface area contributed by atoms with Crippen molar-refractivity contribution in [3.8, 4) is 0 Å². The van der Waals surface area contributed by atoms with Crippen molar-refractivity contribution < 1.29 is 22.8 Å². The van der Waals surface area contributed by atoms with Crippen LogP contribution in [0.2, 0.25) is 22.2 Å². The highest BCUT2D eigenvalue weighted by atomic mass is 28.5. The largest absolute Gasteiger partial charge is 0.414 e. The Morgan fingerprint density at radius 3 is 2.17 bits per heavy atom. The van der Waals surface area contributed by atoms with E-state index in [0.717, 1.165) is 0 Å². The van der Waals surface area contributed by atoms with E-state index in [1.807, 2.05) is 0 Å². The van der Waals surface area contributed by atoms with Crippen LogP contribution in [-0.2, 0) is 17.7 Å². The number of aliphatic hydroxyl groups is 1. The SMILES string of the molecule is C=CC[C@@]1(O)C(n2ccc(=O)[nH]c2=O)OC2CO[Si](C(C)C)(C(C)C)O[Si](C(C)C)(C(C)C)O[C@H]21. The van der Waals surface area contributed by atoms with Crippen LogP contribution in [0, 0.1) is 0 Å². The van der Waals surface area contributed by atoms with Gasteiger partial charge in [0.1, 0.15) is 17.8 Å². The van der Waals surface area contributed by atoms with Crippen molar-refractivity contribution in [2.24, 2.45) is 0 Å².